The van der Waals surface area contributed by atoms with Gasteiger partial charge in [-0.15, -0.1) is 0 Å². The van der Waals surface area contributed by atoms with E-state index in [0.29, 0.717) is 29.7 Å². The van der Waals surface area contributed by atoms with Gasteiger partial charge in [-0.05, 0) is 34.1 Å². The highest BCUT2D eigenvalue weighted by atomic mass is 79.9. The highest BCUT2D eigenvalue weighted by Crippen LogP contribution is 2.29. The second kappa shape index (κ2) is 8.34. The molecule has 0 bridgehead atoms. The minimum absolute atomic E-state index is 0.633. The van der Waals surface area contributed by atoms with Crippen LogP contribution >= 0.6 is 27.5 Å². The Morgan fingerprint density at radius 3 is 2.90 bits per heavy atom. The molecule has 2 aromatic rings. The van der Waals surface area contributed by atoms with Crippen LogP contribution in [0, 0.1) is 0 Å². The number of halogens is 2. The predicted octanol–water partition coefficient (Wildman–Crippen LogP) is 4.03. The fourth-order valence-electron chi connectivity index (χ4n) is 1.74. The van der Waals surface area contributed by atoms with Crippen LogP contribution in [0.5, 0.6) is 11.5 Å². The van der Waals surface area contributed by atoms with Gasteiger partial charge in [-0.3, -0.25) is 4.98 Å². The number of hydrogen-bond donors (Lipinski definition) is 1. The Kier molecular flexibility index (Phi) is 6.45. The Morgan fingerprint density at radius 2 is 2.14 bits per heavy atom. The second-order valence-corrected chi connectivity index (χ2v) is 5.71. The van der Waals surface area contributed by atoms with Crippen LogP contribution < -0.4 is 10.1 Å². The summed E-state index contributed by atoms with van der Waals surface area (Å²) in [6.07, 6.45) is 3.37. The van der Waals surface area contributed by atoms with Gasteiger partial charge in [0.25, 0.3) is 0 Å². The van der Waals surface area contributed by atoms with Crippen molar-refractivity contribution in [1.29, 1.82) is 0 Å². The molecule has 0 amide bonds. The first kappa shape index (κ1) is 16.2. The molecule has 1 N–H and O–H groups in total. The molecule has 21 heavy (non-hydrogen) atoms. The number of rotatable bonds is 7. The Labute approximate surface area is 137 Å². The highest BCUT2D eigenvalue weighted by molar-refractivity contribution is 9.10. The van der Waals surface area contributed by atoms with Crippen LogP contribution in [0.4, 0.5) is 0 Å². The number of aromatic nitrogens is 1. The van der Waals surface area contributed by atoms with Crippen molar-refractivity contribution in [2.75, 3.05) is 20.3 Å². The number of nitrogens with zero attached hydrogens (tertiary/aromatic N) is 1. The van der Waals surface area contributed by atoms with Gasteiger partial charge in [-0.2, -0.15) is 0 Å². The molecule has 0 atom stereocenters. The SMILES string of the molecule is COCCNCc1ccc(Cl)cc1Oc1cncc(Br)c1. The summed E-state index contributed by atoms with van der Waals surface area (Å²) in [6.45, 7) is 2.12. The van der Waals surface area contributed by atoms with Gasteiger partial charge < -0.3 is 14.8 Å². The maximum Gasteiger partial charge on any atom is 0.146 e. The number of nitrogens with one attached hydrogen (secondary N) is 1. The molecule has 0 saturated carbocycles. The van der Waals surface area contributed by atoms with E-state index in [1.807, 2.05) is 18.2 Å². The van der Waals surface area contributed by atoms with Crippen molar-refractivity contribution in [3.63, 3.8) is 0 Å². The molecule has 4 nitrogen and oxygen atoms in total. The van der Waals surface area contributed by atoms with Gasteiger partial charge in [0.1, 0.15) is 11.5 Å². The van der Waals surface area contributed by atoms with E-state index < -0.39 is 0 Å². The van der Waals surface area contributed by atoms with E-state index in [4.69, 9.17) is 21.1 Å². The fourth-order valence-corrected chi connectivity index (χ4v) is 2.25. The van der Waals surface area contributed by atoms with Gasteiger partial charge in [0, 0.05) is 41.5 Å². The minimum atomic E-state index is 0.633. The van der Waals surface area contributed by atoms with Gasteiger partial charge in [-0.25, -0.2) is 0 Å². The molecule has 0 aliphatic rings. The first-order valence-electron chi connectivity index (χ1n) is 6.45. The first-order chi connectivity index (χ1) is 10.2. The molecule has 0 spiro atoms. The summed E-state index contributed by atoms with van der Waals surface area (Å²) in [7, 11) is 1.68. The van der Waals surface area contributed by atoms with Crippen molar-refractivity contribution in [3.8, 4) is 11.5 Å². The standard InChI is InChI=1S/C15H16BrClN2O2/c1-20-5-4-18-8-11-2-3-13(17)7-15(11)21-14-6-12(16)9-19-10-14/h2-3,6-7,9-10,18H,4-5,8H2,1H3. The molecular formula is C15H16BrClN2O2. The summed E-state index contributed by atoms with van der Waals surface area (Å²) in [4.78, 5) is 4.08. The predicted molar refractivity (Wildman–Crippen MR) is 87.0 cm³/mol. The van der Waals surface area contributed by atoms with Crippen molar-refractivity contribution in [3.05, 3.63) is 51.7 Å². The van der Waals surface area contributed by atoms with E-state index in [-0.39, 0.29) is 0 Å². The van der Waals surface area contributed by atoms with Gasteiger partial charge in [-0.1, -0.05) is 17.7 Å². The molecule has 0 aliphatic heterocycles. The normalized spacial score (nSPS) is 10.6. The van der Waals surface area contributed by atoms with Crippen molar-refractivity contribution < 1.29 is 9.47 Å². The molecular weight excluding hydrogens is 356 g/mol. The van der Waals surface area contributed by atoms with Crippen molar-refractivity contribution in [1.82, 2.24) is 10.3 Å². The Morgan fingerprint density at radius 1 is 1.29 bits per heavy atom. The average Bonchev–Trinajstić information content (AvgIpc) is 2.45. The second-order valence-electron chi connectivity index (χ2n) is 4.36. The van der Waals surface area contributed by atoms with Crippen LogP contribution in [0.15, 0.2) is 41.1 Å². The monoisotopic (exact) mass is 370 g/mol. The lowest BCUT2D eigenvalue weighted by atomic mass is 10.2. The molecule has 1 aromatic heterocycles. The highest BCUT2D eigenvalue weighted by Gasteiger charge is 2.07. The van der Waals surface area contributed by atoms with Crippen molar-refractivity contribution in [2.24, 2.45) is 0 Å². The van der Waals surface area contributed by atoms with Crippen molar-refractivity contribution in [2.45, 2.75) is 6.54 Å². The zero-order valence-corrected chi connectivity index (χ0v) is 13.9. The van der Waals surface area contributed by atoms with Crippen LogP contribution in [-0.2, 0) is 11.3 Å². The van der Waals surface area contributed by atoms with E-state index in [2.05, 4.69) is 26.2 Å². The Hall–Kier alpha value is -1.14. The molecule has 0 unspecified atom stereocenters. The number of hydrogen-bond acceptors (Lipinski definition) is 4. The molecule has 2 rings (SSSR count). The average molecular weight is 372 g/mol. The number of ether oxygens (including phenoxy) is 2. The zero-order valence-electron chi connectivity index (χ0n) is 11.6. The molecule has 1 heterocycles. The van der Waals surface area contributed by atoms with Crippen LogP contribution in [0.2, 0.25) is 5.02 Å². The summed E-state index contributed by atoms with van der Waals surface area (Å²) in [5.74, 6) is 1.37. The topological polar surface area (TPSA) is 43.4 Å². The van der Waals surface area contributed by atoms with Gasteiger partial charge in [0.2, 0.25) is 0 Å². The van der Waals surface area contributed by atoms with Crippen LogP contribution in [-0.4, -0.2) is 25.2 Å². The van der Waals surface area contributed by atoms with Gasteiger partial charge in [0.05, 0.1) is 12.8 Å². The third-order valence-corrected chi connectivity index (χ3v) is 3.40. The van der Waals surface area contributed by atoms with E-state index >= 15 is 0 Å². The molecule has 112 valence electrons. The van der Waals surface area contributed by atoms with Gasteiger partial charge >= 0.3 is 0 Å². The molecule has 0 saturated heterocycles. The largest absolute Gasteiger partial charge is 0.455 e. The Bertz CT molecular complexity index is 596. The van der Waals surface area contributed by atoms with E-state index in [9.17, 15) is 0 Å². The number of methoxy groups -OCH3 is 1. The lowest BCUT2D eigenvalue weighted by Gasteiger charge is -2.12. The van der Waals surface area contributed by atoms with Crippen LogP contribution in [0.1, 0.15) is 5.56 Å². The summed E-state index contributed by atoms with van der Waals surface area (Å²) in [5.41, 5.74) is 1.02. The molecule has 0 aliphatic carbocycles. The summed E-state index contributed by atoms with van der Waals surface area (Å²) in [6, 6.07) is 7.45. The van der Waals surface area contributed by atoms with Crippen LogP contribution in [0.3, 0.4) is 0 Å². The third kappa shape index (κ3) is 5.28. The smallest absolute Gasteiger partial charge is 0.146 e. The first-order valence-corrected chi connectivity index (χ1v) is 7.62. The summed E-state index contributed by atoms with van der Waals surface area (Å²) < 4.78 is 11.8. The quantitative estimate of drug-likeness (QED) is 0.746. The molecule has 0 fully saturated rings. The fraction of sp³-hybridized carbons (Fsp3) is 0.267. The minimum Gasteiger partial charge on any atom is -0.455 e. The summed E-state index contributed by atoms with van der Waals surface area (Å²) in [5, 5.41) is 3.92. The number of benzene rings is 1. The Balaban J connectivity index is 2.11. The third-order valence-electron chi connectivity index (χ3n) is 2.74. The lowest BCUT2D eigenvalue weighted by Crippen LogP contribution is -2.18. The molecule has 6 heteroatoms. The van der Waals surface area contributed by atoms with Crippen LogP contribution in [0.25, 0.3) is 0 Å². The van der Waals surface area contributed by atoms with Crippen molar-refractivity contribution >= 4 is 27.5 Å². The summed E-state index contributed by atoms with van der Waals surface area (Å²) >= 11 is 9.43. The maximum absolute atomic E-state index is 6.05. The zero-order chi connectivity index (χ0) is 15.1. The lowest BCUT2D eigenvalue weighted by molar-refractivity contribution is 0.199. The number of pyridine rings is 1. The van der Waals surface area contributed by atoms with E-state index in [1.54, 1.807) is 25.6 Å². The maximum atomic E-state index is 6.05. The molecule has 0 radical (unpaired) electrons. The molecule has 1 aromatic carbocycles. The van der Waals surface area contributed by atoms with E-state index in [0.717, 1.165) is 16.6 Å². The van der Waals surface area contributed by atoms with Gasteiger partial charge in [0.15, 0.2) is 0 Å². The van der Waals surface area contributed by atoms with E-state index in [1.165, 1.54) is 0 Å².